The van der Waals surface area contributed by atoms with Crippen molar-refractivity contribution < 1.29 is 4.79 Å². The lowest BCUT2D eigenvalue weighted by molar-refractivity contribution is -0.129. The number of hydrogen-bond donors (Lipinski definition) is 1. The lowest BCUT2D eigenvalue weighted by atomic mass is 9.44. The lowest BCUT2D eigenvalue weighted by Crippen LogP contribution is -2.65. The van der Waals surface area contributed by atoms with Gasteiger partial charge in [0.05, 0.1) is 0 Å². The van der Waals surface area contributed by atoms with E-state index in [1.807, 2.05) is 0 Å². The summed E-state index contributed by atoms with van der Waals surface area (Å²) in [6.45, 7) is 2.49. The van der Waals surface area contributed by atoms with Gasteiger partial charge in [-0.1, -0.05) is 6.92 Å². The van der Waals surface area contributed by atoms with Gasteiger partial charge in [-0.25, -0.2) is 0 Å². The first kappa shape index (κ1) is 9.49. The molecule has 2 nitrogen and oxygen atoms in total. The van der Waals surface area contributed by atoms with Gasteiger partial charge < -0.3 is 5.32 Å². The molecule has 5 fully saturated rings. The fourth-order valence-corrected chi connectivity index (χ4v) is 5.81. The highest BCUT2D eigenvalue weighted by Crippen LogP contribution is 2.65. The molecule has 88 valence electrons. The average molecular weight is 219 g/mol. The zero-order valence-corrected chi connectivity index (χ0v) is 10.1. The van der Waals surface area contributed by atoms with Crippen molar-refractivity contribution in [1.82, 2.24) is 5.32 Å². The minimum atomic E-state index is 0.244. The van der Waals surface area contributed by atoms with E-state index < -0.39 is 0 Å². The van der Waals surface area contributed by atoms with Crippen molar-refractivity contribution in [2.45, 2.75) is 57.4 Å². The van der Waals surface area contributed by atoms with Gasteiger partial charge in [0.25, 0.3) is 0 Å². The molecule has 5 rings (SSSR count). The fraction of sp³-hybridized carbons (Fsp3) is 0.929. The Balaban J connectivity index is 1.74. The van der Waals surface area contributed by atoms with E-state index in [-0.39, 0.29) is 5.54 Å². The summed E-state index contributed by atoms with van der Waals surface area (Å²) in [6.07, 6.45) is 8.92. The molecule has 4 saturated carbocycles. The van der Waals surface area contributed by atoms with E-state index in [0.29, 0.717) is 11.3 Å². The maximum atomic E-state index is 11.6. The Bertz CT molecular complexity index is 346. The van der Waals surface area contributed by atoms with Gasteiger partial charge in [-0.15, -0.1) is 0 Å². The van der Waals surface area contributed by atoms with E-state index in [2.05, 4.69) is 12.2 Å². The maximum Gasteiger partial charge on any atom is 0.220 e. The molecule has 0 aromatic heterocycles. The third kappa shape index (κ3) is 1.01. The molecular weight excluding hydrogens is 198 g/mol. The van der Waals surface area contributed by atoms with Gasteiger partial charge in [0.2, 0.25) is 5.91 Å². The van der Waals surface area contributed by atoms with Gasteiger partial charge in [0, 0.05) is 12.0 Å². The van der Waals surface area contributed by atoms with Crippen molar-refractivity contribution in [3.63, 3.8) is 0 Å². The van der Waals surface area contributed by atoms with Crippen LogP contribution in [-0.2, 0) is 4.79 Å². The Hall–Kier alpha value is -0.530. The minimum Gasteiger partial charge on any atom is -0.350 e. The molecule has 0 radical (unpaired) electrons. The summed E-state index contributed by atoms with van der Waals surface area (Å²) < 4.78 is 0. The van der Waals surface area contributed by atoms with Crippen LogP contribution in [0.25, 0.3) is 0 Å². The zero-order valence-electron chi connectivity index (χ0n) is 10.1. The van der Waals surface area contributed by atoms with Gasteiger partial charge in [-0.3, -0.25) is 4.79 Å². The normalized spacial score (nSPS) is 58.3. The third-order valence-electron chi connectivity index (χ3n) is 6.09. The van der Waals surface area contributed by atoms with Crippen LogP contribution < -0.4 is 5.32 Å². The molecule has 1 heterocycles. The first-order chi connectivity index (χ1) is 7.60. The summed E-state index contributed by atoms with van der Waals surface area (Å²) in [5, 5.41) is 3.39. The lowest BCUT2D eigenvalue weighted by Gasteiger charge is -2.63. The molecule has 1 N–H and O–H groups in total. The topological polar surface area (TPSA) is 29.1 Å². The fourth-order valence-electron chi connectivity index (χ4n) is 5.81. The highest BCUT2D eigenvalue weighted by atomic mass is 16.2. The average Bonchev–Trinajstić information content (AvgIpc) is 2.56. The highest BCUT2D eigenvalue weighted by molar-refractivity contribution is 5.79. The predicted molar refractivity (Wildman–Crippen MR) is 61.8 cm³/mol. The first-order valence-corrected chi connectivity index (χ1v) is 6.91. The summed E-state index contributed by atoms with van der Waals surface area (Å²) >= 11 is 0. The SMILES string of the molecule is CC12CC3CC(C1)C1(CCC(=O)N1)C(C3)C2. The van der Waals surface area contributed by atoms with Gasteiger partial charge in [0.15, 0.2) is 0 Å². The summed E-state index contributed by atoms with van der Waals surface area (Å²) in [5.74, 6) is 2.90. The molecule has 1 saturated heterocycles. The Morgan fingerprint density at radius 1 is 1.19 bits per heavy atom. The van der Waals surface area contributed by atoms with Crippen LogP contribution in [0.15, 0.2) is 0 Å². The summed E-state index contributed by atoms with van der Waals surface area (Å²) in [5.41, 5.74) is 0.864. The Morgan fingerprint density at radius 3 is 2.38 bits per heavy atom. The molecule has 2 atom stereocenters. The van der Waals surface area contributed by atoms with E-state index in [1.165, 1.54) is 32.1 Å². The largest absolute Gasteiger partial charge is 0.350 e. The Morgan fingerprint density at radius 2 is 1.88 bits per heavy atom. The third-order valence-corrected chi connectivity index (χ3v) is 6.09. The van der Waals surface area contributed by atoms with Crippen LogP contribution in [0, 0.1) is 23.2 Å². The Labute approximate surface area is 97.2 Å². The number of hydrogen-bond acceptors (Lipinski definition) is 1. The molecule has 5 aliphatic rings. The predicted octanol–water partition coefficient (Wildman–Crippen LogP) is 2.48. The van der Waals surface area contributed by atoms with Crippen molar-refractivity contribution in [1.29, 1.82) is 0 Å². The number of carbonyl (C=O) groups is 1. The van der Waals surface area contributed by atoms with Crippen LogP contribution >= 0.6 is 0 Å². The Kier molecular flexibility index (Phi) is 1.57. The molecule has 4 bridgehead atoms. The van der Waals surface area contributed by atoms with E-state index in [9.17, 15) is 4.79 Å². The zero-order chi connectivity index (χ0) is 11.0. The van der Waals surface area contributed by atoms with Crippen LogP contribution in [0.1, 0.15) is 51.9 Å². The van der Waals surface area contributed by atoms with Crippen LogP contribution in [0.5, 0.6) is 0 Å². The smallest absolute Gasteiger partial charge is 0.220 e. The number of amides is 1. The van der Waals surface area contributed by atoms with Crippen molar-refractivity contribution in [3.05, 3.63) is 0 Å². The van der Waals surface area contributed by atoms with Crippen molar-refractivity contribution in [2.24, 2.45) is 23.2 Å². The summed E-state index contributed by atoms with van der Waals surface area (Å²) in [4.78, 5) is 11.6. The second kappa shape index (κ2) is 2.65. The maximum absolute atomic E-state index is 11.6. The minimum absolute atomic E-state index is 0.244. The second-order valence-electron chi connectivity index (χ2n) is 7.24. The molecule has 0 aromatic carbocycles. The molecule has 2 unspecified atom stereocenters. The van der Waals surface area contributed by atoms with Crippen LogP contribution in [0.2, 0.25) is 0 Å². The van der Waals surface area contributed by atoms with Gasteiger partial charge in [-0.2, -0.15) is 0 Å². The van der Waals surface area contributed by atoms with Crippen LogP contribution in [0.3, 0.4) is 0 Å². The molecular formula is C14H21NO. The highest BCUT2D eigenvalue weighted by Gasteiger charge is 2.62. The summed E-state index contributed by atoms with van der Waals surface area (Å²) in [6, 6.07) is 0. The monoisotopic (exact) mass is 219 g/mol. The van der Waals surface area contributed by atoms with E-state index in [0.717, 1.165) is 30.6 Å². The number of carbonyl (C=O) groups excluding carboxylic acids is 1. The van der Waals surface area contributed by atoms with Crippen LogP contribution in [0.4, 0.5) is 0 Å². The molecule has 1 aliphatic heterocycles. The number of rotatable bonds is 0. The van der Waals surface area contributed by atoms with Crippen LogP contribution in [-0.4, -0.2) is 11.4 Å². The van der Waals surface area contributed by atoms with Crippen molar-refractivity contribution >= 4 is 5.91 Å². The molecule has 16 heavy (non-hydrogen) atoms. The quantitative estimate of drug-likeness (QED) is 0.666. The summed E-state index contributed by atoms with van der Waals surface area (Å²) in [7, 11) is 0. The first-order valence-electron chi connectivity index (χ1n) is 6.91. The van der Waals surface area contributed by atoms with Gasteiger partial charge in [-0.05, 0) is 61.7 Å². The second-order valence-corrected chi connectivity index (χ2v) is 7.24. The van der Waals surface area contributed by atoms with E-state index in [4.69, 9.17) is 0 Å². The van der Waals surface area contributed by atoms with E-state index in [1.54, 1.807) is 0 Å². The van der Waals surface area contributed by atoms with E-state index >= 15 is 0 Å². The molecule has 1 amide bonds. The standard InChI is InChI=1S/C14H21NO/c1-13-6-9-4-10(7-13)14(11(5-9)8-13)3-2-12(16)15-14/h9-11H,2-8H2,1H3,(H,15,16). The molecule has 1 spiro atoms. The van der Waals surface area contributed by atoms with Gasteiger partial charge in [0.1, 0.15) is 0 Å². The molecule has 4 aliphatic carbocycles. The van der Waals surface area contributed by atoms with Gasteiger partial charge >= 0.3 is 0 Å². The molecule has 0 aromatic rings. The molecule has 2 heteroatoms. The van der Waals surface area contributed by atoms with Crippen molar-refractivity contribution in [2.75, 3.05) is 0 Å². The van der Waals surface area contributed by atoms with Crippen molar-refractivity contribution in [3.8, 4) is 0 Å². The number of nitrogens with one attached hydrogen (secondary N) is 1.